The predicted molar refractivity (Wildman–Crippen MR) is 106 cm³/mol. The second-order valence-corrected chi connectivity index (χ2v) is 9.24. The van der Waals surface area contributed by atoms with Crippen LogP contribution in [0.25, 0.3) is 0 Å². The lowest BCUT2D eigenvalue weighted by atomic mass is 9.57. The molecule has 33 heavy (non-hydrogen) atoms. The molecule has 1 aliphatic heterocycles. The summed E-state index contributed by atoms with van der Waals surface area (Å²) in [5.41, 5.74) is -2.00. The number of alkyl halides is 1. The Hall–Kier alpha value is -2.74. The van der Waals surface area contributed by atoms with E-state index in [0.717, 1.165) is 0 Å². The number of carbonyl (C=O) groups excluding carboxylic acids is 2. The van der Waals surface area contributed by atoms with Crippen molar-refractivity contribution >= 4 is 17.5 Å². The molecule has 1 aromatic carbocycles. The zero-order valence-electron chi connectivity index (χ0n) is 17.7. The van der Waals surface area contributed by atoms with E-state index >= 15 is 0 Å². The summed E-state index contributed by atoms with van der Waals surface area (Å²) < 4.78 is 67.7. The zero-order valence-corrected chi connectivity index (χ0v) is 17.7. The van der Waals surface area contributed by atoms with Crippen molar-refractivity contribution in [2.75, 3.05) is 18.4 Å². The molecule has 0 aromatic heterocycles. The van der Waals surface area contributed by atoms with Crippen LogP contribution in [0.2, 0.25) is 0 Å². The summed E-state index contributed by atoms with van der Waals surface area (Å²) >= 11 is 0. The molecule has 0 radical (unpaired) electrons. The molecule has 2 amide bonds. The molecule has 0 spiro atoms. The predicted octanol–water partition coefficient (Wildman–Crippen LogP) is 3.33. The smallest absolute Gasteiger partial charge is 0.237 e. The van der Waals surface area contributed by atoms with Crippen LogP contribution in [0.1, 0.15) is 44.9 Å². The molecular weight excluding hydrogens is 447 g/mol. The molecule has 4 aliphatic rings. The van der Waals surface area contributed by atoms with Crippen LogP contribution in [0, 0.1) is 40.0 Å². The number of nitriles is 1. The van der Waals surface area contributed by atoms with Gasteiger partial charge < -0.3 is 15.5 Å². The molecule has 5 rings (SSSR count). The second-order valence-electron chi connectivity index (χ2n) is 9.24. The third-order valence-electron chi connectivity index (χ3n) is 7.41. The fourth-order valence-electron chi connectivity index (χ4n) is 5.26. The van der Waals surface area contributed by atoms with Crippen LogP contribution >= 0.6 is 0 Å². The Bertz CT molecular complexity index is 1000. The van der Waals surface area contributed by atoms with E-state index in [1.807, 2.05) is 6.07 Å². The summed E-state index contributed by atoms with van der Waals surface area (Å²) in [5, 5.41) is 14.6. The molecule has 0 unspecified atom stereocenters. The van der Waals surface area contributed by atoms with Crippen LogP contribution in [0.15, 0.2) is 6.07 Å². The van der Waals surface area contributed by atoms with Gasteiger partial charge in [-0.05, 0) is 38.5 Å². The maximum absolute atomic E-state index is 14.0. The molecule has 6 nitrogen and oxygen atoms in total. The van der Waals surface area contributed by atoms with Gasteiger partial charge >= 0.3 is 0 Å². The van der Waals surface area contributed by atoms with Gasteiger partial charge in [0.1, 0.15) is 12.2 Å². The number of amides is 2. The molecule has 3 aliphatic carbocycles. The minimum atomic E-state index is -1.99. The van der Waals surface area contributed by atoms with Gasteiger partial charge in [-0.25, -0.2) is 22.0 Å². The molecule has 11 heteroatoms. The van der Waals surface area contributed by atoms with Crippen molar-refractivity contribution < 1.29 is 31.5 Å². The van der Waals surface area contributed by atoms with Gasteiger partial charge in [-0.1, -0.05) is 0 Å². The van der Waals surface area contributed by atoms with Crippen molar-refractivity contribution in [2.24, 2.45) is 5.41 Å². The molecular formula is C22H23F5N4O2. The van der Waals surface area contributed by atoms with Crippen molar-refractivity contribution in [3.63, 3.8) is 0 Å². The van der Waals surface area contributed by atoms with Crippen molar-refractivity contribution in [3.8, 4) is 6.07 Å². The quantitative estimate of drug-likeness (QED) is 0.393. The van der Waals surface area contributed by atoms with Gasteiger partial charge in [-0.2, -0.15) is 5.26 Å². The summed E-state index contributed by atoms with van der Waals surface area (Å²) in [6.07, 6.45) is 1.63. The van der Waals surface area contributed by atoms with Gasteiger partial charge in [-0.15, -0.1) is 0 Å². The lowest BCUT2D eigenvalue weighted by Gasteiger charge is -2.52. The number of anilines is 1. The third-order valence-corrected chi connectivity index (χ3v) is 7.41. The minimum absolute atomic E-state index is 0.00740. The van der Waals surface area contributed by atoms with Gasteiger partial charge in [0.05, 0.1) is 24.8 Å². The molecule has 178 valence electrons. The molecule has 2 N–H and O–H groups in total. The SMILES string of the molecule is N#C[C@@H]1C[C@H](F)CN1C(=O)CNC12CCC(C(=O)Nc3cc(F)c(F)c(F)c3F)(CC1)CC2. The summed E-state index contributed by atoms with van der Waals surface area (Å²) in [6, 6.07) is 1.59. The van der Waals surface area contributed by atoms with Crippen molar-refractivity contribution in [2.45, 2.75) is 62.7 Å². The molecule has 3 saturated carbocycles. The van der Waals surface area contributed by atoms with E-state index in [2.05, 4.69) is 10.6 Å². The molecule has 2 bridgehead atoms. The largest absolute Gasteiger partial charge is 0.323 e. The monoisotopic (exact) mass is 470 g/mol. The maximum Gasteiger partial charge on any atom is 0.237 e. The highest BCUT2D eigenvalue weighted by atomic mass is 19.2. The van der Waals surface area contributed by atoms with Crippen LogP contribution in [0.4, 0.5) is 27.6 Å². The number of hydrogen-bond donors (Lipinski definition) is 2. The highest BCUT2D eigenvalue weighted by Crippen LogP contribution is 2.53. The van der Waals surface area contributed by atoms with E-state index < -0.39 is 58.0 Å². The van der Waals surface area contributed by atoms with E-state index in [1.165, 1.54) is 4.90 Å². The first kappa shape index (κ1) is 23.4. The average molecular weight is 470 g/mol. The van der Waals surface area contributed by atoms with Crippen LogP contribution < -0.4 is 10.6 Å². The Kier molecular flexibility index (Phi) is 6.07. The van der Waals surface area contributed by atoms with Gasteiger partial charge in [0.2, 0.25) is 11.8 Å². The van der Waals surface area contributed by atoms with Gasteiger partial charge in [0.15, 0.2) is 23.3 Å². The molecule has 4 fully saturated rings. The van der Waals surface area contributed by atoms with Gasteiger partial charge in [-0.3, -0.25) is 9.59 Å². The molecule has 1 aromatic rings. The molecule has 1 saturated heterocycles. The summed E-state index contributed by atoms with van der Waals surface area (Å²) in [4.78, 5) is 26.6. The average Bonchev–Trinajstić information content (AvgIpc) is 3.21. The van der Waals surface area contributed by atoms with Gasteiger partial charge in [0, 0.05) is 23.4 Å². The number of carbonyl (C=O) groups is 2. The Morgan fingerprint density at radius 2 is 1.70 bits per heavy atom. The van der Waals surface area contributed by atoms with Crippen LogP contribution in [-0.2, 0) is 9.59 Å². The number of fused-ring (bicyclic) bond motifs is 3. The fraction of sp³-hybridized carbons (Fsp3) is 0.591. The number of halogens is 5. The van der Waals surface area contributed by atoms with E-state index in [9.17, 15) is 31.5 Å². The van der Waals surface area contributed by atoms with Crippen LogP contribution in [0.5, 0.6) is 0 Å². The fourth-order valence-corrected chi connectivity index (χ4v) is 5.26. The van der Waals surface area contributed by atoms with Crippen molar-refractivity contribution in [1.82, 2.24) is 10.2 Å². The zero-order chi connectivity index (χ0) is 24.0. The van der Waals surface area contributed by atoms with Crippen molar-refractivity contribution in [1.29, 1.82) is 5.26 Å². The molecule has 2 atom stereocenters. The standard InChI is InChI=1S/C22H23F5N4O2/c23-12-7-13(9-28)31(11-12)16(32)10-29-22-4-1-21(2-5-22,3-6-22)20(33)30-15-8-14(24)17(25)19(27)18(15)26/h8,12-13,29H,1-7,10-11H2,(H,30,33)/t12-,13-,21?,22?/m0/s1. The number of likely N-dealkylation sites (tertiary alicyclic amines) is 1. The Labute approximate surface area is 187 Å². The Morgan fingerprint density at radius 3 is 2.30 bits per heavy atom. The van der Waals surface area contributed by atoms with E-state index in [0.29, 0.717) is 44.6 Å². The second kappa shape index (κ2) is 8.56. The number of nitrogens with one attached hydrogen (secondary N) is 2. The summed E-state index contributed by atoms with van der Waals surface area (Å²) in [5.74, 6) is -8.13. The van der Waals surface area contributed by atoms with Gasteiger partial charge in [0.25, 0.3) is 0 Å². The molecule has 1 heterocycles. The number of rotatable bonds is 5. The minimum Gasteiger partial charge on any atom is -0.323 e. The third kappa shape index (κ3) is 4.16. The van der Waals surface area contributed by atoms with Crippen molar-refractivity contribution in [3.05, 3.63) is 29.3 Å². The normalized spacial score (nSPS) is 30.8. The van der Waals surface area contributed by atoms with E-state index in [-0.39, 0.29) is 25.4 Å². The van der Waals surface area contributed by atoms with E-state index in [4.69, 9.17) is 5.26 Å². The topological polar surface area (TPSA) is 85.2 Å². The van der Waals surface area contributed by atoms with Crippen LogP contribution in [-0.4, -0.2) is 47.6 Å². The number of nitrogens with zero attached hydrogens (tertiary/aromatic N) is 2. The Morgan fingerprint density at radius 1 is 1.06 bits per heavy atom. The van der Waals surface area contributed by atoms with Crippen LogP contribution in [0.3, 0.4) is 0 Å². The first-order valence-corrected chi connectivity index (χ1v) is 10.8. The first-order valence-electron chi connectivity index (χ1n) is 10.8. The number of benzene rings is 1. The highest BCUT2D eigenvalue weighted by Gasteiger charge is 2.52. The Balaban J connectivity index is 1.37. The maximum atomic E-state index is 14.0. The summed E-state index contributed by atoms with van der Waals surface area (Å²) in [7, 11) is 0. The highest BCUT2D eigenvalue weighted by molar-refractivity contribution is 5.95. The summed E-state index contributed by atoms with van der Waals surface area (Å²) in [6.45, 7) is -0.153. The number of hydrogen-bond acceptors (Lipinski definition) is 4. The van der Waals surface area contributed by atoms with E-state index in [1.54, 1.807) is 0 Å². The lowest BCUT2D eigenvalue weighted by molar-refractivity contribution is -0.135. The first-order chi connectivity index (χ1) is 15.6. The lowest BCUT2D eigenvalue weighted by Crippen LogP contribution is -2.59.